The summed E-state index contributed by atoms with van der Waals surface area (Å²) in [7, 11) is 3.18. The lowest BCUT2D eigenvalue weighted by molar-refractivity contribution is -0.141. The van der Waals surface area contributed by atoms with E-state index in [4.69, 9.17) is 9.84 Å². The Hall–Kier alpha value is -1.83. The molecule has 0 saturated carbocycles. The summed E-state index contributed by atoms with van der Waals surface area (Å²) in [5, 5.41) is 11.3. The molecule has 2 N–H and O–H groups in total. The minimum Gasteiger partial charge on any atom is -0.481 e. The highest BCUT2D eigenvalue weighted by molar-refractivity contribution is 5.80. The van der Waals surface area contributed by atoms with Crippen LogP contribution in [0.25, 0.3) is 0 Å². The zero-order valence-electron chi connectivity index (χ0n) is 12.7. The molecule has 0 radical (unpaired) electrons. The molecule has 2 atom stereocenters. The van der Waals surface area contributed by atoms with Crippen molar-refractivity contribution in [2.75, 3.05) is 40.3 Å². The summed E-state index contributed by atoms with van der Waals surface area (Å²) >= 11 is 0. The fourth-order valence-electron chi connectivity index (χ4n) is 2.27. The highest BCUT2D eigenvalue weighted by Crippen LogP contribution is 2.11. The van der Waals surface area contributed by atoms with Gasteiger partial charge in [0, 0.05) is 33.7 Å². The molecule has 0 aliphatic carbocycles. The van der Waals surface area contributed by atoms with Gasteiger partial charge in [-0.1, -0.05) is 6.92 Å². The van der Waals surface area contributed by atoms with E-state index in [-0.39, 0.29) is 30.8 Å². The highest BCUT2D eigenvalue weighted by Gasteiger charge is 2.28. The lowest BCUT2D eigenvalue weighted by Crippen LogP contribution is -2.51. The molecule has 0 aromatic rings. The second-order valence-electron chi connectivity index (χ2n) is 5.22. The highest BCUT2D eigenvalue weighted by atomic mass is 16.5. The molecule has 1 aliphatic heterocycles. The minimum atomic E-state index is -0.948. The van der Waals surface area contributed by atoms with E-state index in [1.54, 1.807) is 25.9 Å². The summed E-state index contributed by atoms with van der Waals surface area (Å²) in [6.45, 7) is 3.05. The van der Waals surface area contributed by atoms with E-state index in [9.17, 15) is 14.4 Å². The maximum Gasteiger partial charge on any atom is 0.319 e. The van der Waals surface area contributed by atoms with E-state index in [0.717, 1.165) is 0 Å². The molecule has 2 unspecified atom stereocenters. The molecule has 21 heavy (non-hydrogen) atoms. The Morgan fingerprint density at radius 1 is 1.48 bits per heavy atom. The molecule has 3 amide bonds. The van der Waals surface area contributed by atoms with Gasteiger partial charge in [0.25, 0.3) is 0 Å². The van der Waals surface area contributed by atoms with Gasteiger partial charge in [0.05, 0.1) is 25.0 Å². The Bertz CT molecular complexity index is 401. The second kappa shape index (κ2) is 7.82. The number of morpholine rings is 1. The van der Waals surface area contributed by atoms with Crippen LogP contribution in [0, 0.1) is 5.92 Å². The molecule has 8 nitrogen and oxygen atoms in total. The van der Waals surface area contributed by atoms with Crippen LogP contribution in [0.2, 0.25) is 0 Å². The molecule has 1 fully saturated rings. The van der Waals surface area contributed by atoms with Crippen LogP contribution in [0.15, 0.2) is 0 Å². The van der Waals surface area contributed by atoms with Crippen LogP contribution in [0.1, 0.15) is 13.3 Å². The lowest BCUT2D eigenvalue weighted by Gasteiger charge is -2.35. The Morgan fingerprint density at radius 3 is 2.71 bits per heavy atom. The predicted molar refractivity (Wildman–Crippen MR) is 74.8 cm³/mol. The van der Waals surface area contributed by atoms with Gasteiger partial charge in [-0.05, 0) is 0 Å². The van der Waals surface area contributed by atoms with Gasteiger partial charge in [-0.2, -0.15) is 0 Å². The van der Waals surface area contributed by atoms with E-state index >= 15 is 0 Å². The van der Waals surface area contributed by atoms with Crippen molar-refractivity contribution in [3.8, 4) is 0 Å². The van der Waals surface area contributed by atoms with Crippen molar-refractivity contribution in [1.82, 2.24) is 15.1 Å². The average molecular weight is 301 g/mol. The number of carboxylic acids is 1. The topological polar surface area (TPSA) is 99.2 Å². The first-order valence-electron chi connectivity index (χ1n) is 6.90. The molecule has 120 valence electrons. The number of hydrogen-bond acceptors (Lipinski definition) is 4. The number of carbonyl (C=O) groups is 3. The number of aliphatic carboxylic acids is 1. The van der Waals surface area contributed by atoms with Crippen LogP contribution >= 0.6 is 0 Å². The Balaban J connectivity index is 2.53. The number of ether oxygens (including phenoxy) is 1. The van der Waals surface area contributed by atoms with E-state index in [2.05, 4.69) is 5.32 Å². The fourth-order valence-corrected chi connectivity index (χ4v) is 2.27. The van der Waals surface area contributed by atoms with E-state index < -0.39 is 12.1 Å². The third-order valence-electron chi connectivity index (χ3n) is 3.38. The van der Waals surface area contributed by atoms with Crippen LogP contribution in [0.5, 0.6) is 0 Å². The lowest BCUT2D eigenvalue weighted by atomic mass is 10.1. The van der Waals surface area contributed by atoms with E-state index in [1.165, 1.54) is 4.90 Å². The number of urea groups is 1. The van der Waals surface area contributed by atoms with Crippen molar-refractivity contribution in [2.24, 2.45) is 5.92 Å². The summed E-state index contributed by atoms with van der Waals surface area (Å²) in [5.74, 6) is -1.38. The SMILES string of the molecule is CNC(=O)C(C)CN(C)C(=O)N1CCOC(CC(=O)O)C1. The number of carbonyl (C=O) groups excluding carboxylic acids is 2. The first-order valence-corrected chi connectivity index (χ1v) is 6.90. The summed E-state index contributed by atoms with van der Waals surface area (Å²) in [5.41, 5.74) is 0. The third-order valence-corrected chi connectivity index (χ3v) is 3.38. The molecular weight excluding hydrogens is 278 g/mol. The molecular formula is C13H23N3O5. The quantitative estimate of drug-likeness (QED) is 0.719. The van der Waals surface area contributed by atoms with Crippen LogP contribution in [0.3, 0.4) is 0 Å². The van der Waals surface area contributed by atoms with Crippen molar-refractivity contribution < 1.29 is 24.2 Å². The van der Waals surface area contributed by atoms with Crippen molar-refractivity contribution in [2.45, 2.75) is 19.4 Å². The summed E-state index contributed by atoms with van der Waals surface area (Å²) in [6.07, 6.45) is -0.604. The number of nitrogens with zero attached hydrogens (tertiary/aromatic N) is 2. The number of carboxylic acid groups (broad SMARTS) is 1. The van der Waals surface area contributed by atoms with Crippen LogP contribution in [-0.2, 0) is 14.3 Å². The first kappa shape index (κ1) is 17.2. The zero-order chi connectivity index (χ0) is 16.0. The van der Waals surface area contributed by atoms with Gasteiger partial charge in [-0.3, -0.25) is 9.59 Å². The second-order valence-corrected chi connectivity index (χ2v) is 5.22. The summed E-state index contributed by atoms with van der Waals surface area (Å²) in [6, 6.07) is -0.218. The van der Waals surface area contributed by atoms with Gasteiger partial charge < -0.3 is 25.0 Å². The molecule has 1 saturated heterocycles. The van der Waals surface area contributed by atoms with Crippen molar-refractivity contribution >= 4 is 17.9 Å². The molecule has 1 heterocycles. The molecule has 0 bridgehead atoms. The minimum absolute atomic E-state index is 0.123. The van der Waals surface area contributed by atoms with Gasteiger partial charge in [0.15, 0.2) is 0 Å². The van der Waals surface area contributed by atoms with Gasteiger partial charge in [-0.25, -0.2) is 4.79 Å². The van der Waals surface area contributed by atoms with Crippen molar-refractivity contribution in [3.05, 3.63) is 0 Å². The molecule has 1 aliphatic rings. The molecule has 0 spiro atoms. The van der Waals surface area contributed by atoms with Gasteiger partial charge in [0.2, 0.25) is 5.91 Å². The number of rotatable bonds is 5. The zero-order valence-corrected chi connectivity index (χ0v) is 12.7. The molecule has 8 heteroatoms. The molecule has 0 aromatic carbocycles. The standard InChI is InChI=1S/C13H23N3O5/c1-9(12(19)14-2)7-15(3)13(20)16-4-5-21-10(8-16)6-11(17)18/h9-10H,4-8H2,1-3H3,(H,14,19)(H,17,18). The fraction of sp³-hybridized carbons (Fsp3) is 0.769. The largest absolute Gasteiger partial charge is 0.481 e. The van der Waals surface area contributed by atoms with Gasteiger partial charge in [0.1, 0.15) is 0 Å². The van der Waals surface area contributed by atoms with Crippen molar-refractivity contribution in [1.29, 1.82) is 0 Å². The predicted octanol–water partition coefficient (Wildman–Crippen LogP) is -0.404. The molecule has 0 aromatic heterocycles. The van der Waals surface area contributed by atoms with Gasteiger partial charge in [-0.15, -0.1) is 0 Å². The third kappa shape index (κ3) is 5.22. The van der Waals surface area contributed by atoms with Crippen molar-refractivity contribution in [3.63, 3.8) is 0 Å². The van der Waals surface area contributed by atoms with E-state index in [1.807, 2.05) is 0 Å². The maximum absolute atomic E-state index is 12.3. The van der Waals surface area contributed by atoms with Crippen LogP contribution in [0.4, 0.5) is 4.79 Å². The number of hydrogen-bond donors (Lipinski definition) is 2. The molecule has 1 rings (SSSR count). The monoisotopic (exact) mass is 301 g/mol. The Kier molecular flexibility index (Phi) is 6.41. The van der Waals surface area contributed by atoms with Crippen LogP contribution in [-0.4, -0.2) is 79.3 Å². The maximum atomic E-state index is 12.3. The number of amides is 3. The normalized spacial score (nSPS) is 19.8. The smallest absolute Gasteiger partial charge is 0.319 e. The average Bonchev–Trinajstić information content (AvgIpc) is 2.44. The Labute approximate surface area is 124 Å². The number of nitrogens with one attached hydrogen (secondary N) is 1. The van der Waals surface area contributed by atoms with Gasteiger partial charge >= 0.3 is 12.0 Å². The summed E-state index contributed by atoms with van der Waals surface area (Å²) < 4.78 is 5.33. The van der Waals surface area contributed by atoms with Crippen LogP contribution < -0.4 is 5.32 Å². The summed E-state index contributed by atoms with van der Waals surface area (Å²) in [4.78, 5) is 37.5. The van der Waals surface area contributed by atoms with E-state index in [0.29, 0.717) is 19.7 Å². The first-order chi connectivity index (χ1) is 9.85. The Morgan fingerprint density at radius 2 is 2.14 bits per heavy atom.